The highest BCUT2D eigenvalue weighted by molar-refractivity contribution is 6.35. The van der Waals surface area contributed by atoms with Gasteiger partial charge in [-0.25, -0.2) is 0 Å². The Labute approximate surface area is 195 Å². The minimum Gasteiger partial charge on any atom is -0.489 e. The second-order valence-corrected chi connectivity index (χ2v) is 8.35. The van der Waals surface area contributed by atoms with Crippen LogP contribution in [0.25, 0.3) is 17.0 Å². The van der Waals surface area contributed by atoms with E-state index in [-0.39, 0.29) is 12.4 Å². The smallest absolute Gasteiger partial charge is 0.231 e. The van der Waals surface area contributed by atoms with Crippen molar-refractivity contribution in [2.45, 2.75) is 20.1 Å². The Morgan fingerprint density at radius 2 is 1.91 bits per heavy atom. The zero-order valence-electron chi connectivity index (χ0n) is 17.3. The van der Waals surface area contributed by atoms with E-state index < -0.39 is 0 Å². The molecule has 1 aliphatic heterocycles. The summed E-state index contributed by atoms with van der Waals surface area (Å²) in [5.41, 5.74) is 3.42. The SMILES string of the molecule is CCn1cc(/C=C2/Oc3cc(OCc4ccc(Cl)cc4Cl)ccc3C2=O)c2ccccc21. The number of hydrogen-bond donors (Lipinski definition) is 0. The van der Waals surface area contributed by atoms with Gasteiger partial charge in [-0.1, -0.05) is 47.5 Å². The summed E-state index contributed by atoms with van der Waals surface area (Å²) < 4.78 is 13.9. The van der Waals surface area contributed by atoms with Gasteiger partial charge >= 0.3 is 0 Å². The molecule has 0 amide bonds. The number of benzene rings is 3. The van der Waals surface area contributed by atoms with E-state index in [1.54, 1.807) is 30.3 Å². The third kappa shape index (κ3) is 3.77. The van der Waals surface area contributed by atoms with Crippen LogP contribution in [0.4, 0.5) is 0 Å². The molecule has 3 aromatic carbocycles. The fourth-order valence-corrected chi connectivity index (χ4v) is 4.31. The average Bonchev–Trinajstić information content (AvgIpc) is 3.30. The molecule has 0 unspecified atom stereocenters. The van der Waals surface area contributed by atoms with Crippen LogP contribution in [-0.4, -0.2) is 10.4 Å². The third-order valence-electron chi connectivity index (χ3n) is 5.50. The van der Waals surface area contributed by atoms with Gasteiger partial charge in [-0.2, -0.15) is 0 Å². The molecule has 0 atom stereocenters. The maximum atomic E-state index is 12.9. The van der Waals surface area contributed by atoms with E-state index in [4.69, 9.17) is 32.7 Å². The minimum absolute atomic E-state index is 0.138. The maximum Gasteiger partial charge on any atom is 0.231 e. The lowest BCUT2D eigenvalue weighted by molar-refractivity contribution is 0.101. The summed E-state index contributed by atoms with van der Waals surface area (Å²) in [4.78, 5) is 12.9. The summed E-state index contributed by atoms with van der Waals surface area (Å²) in [5.74, 6) is 1.24. The van der Waals surface area contributed by atoms with Crippen molar-refractivity contribution in [3.05, 3.63) is 99.4 Å². The van der Waals surface area contributed by atoms with Crippen LogP contribution >= 0.6 is 23.2 Å². The molecule has 0 saturated carbocycles. The molecule has 4 nitrogen and oxygen atoms in total. The van der Waals surface area contributed by atoms with Crippen molar-refractivity contribution in [3.8, 4) is 11.5 Å². The lowest BCUT2D eigenvalue weighted by atomic mass is 10.1. The molecule has 0 spiro atoms. The molecule has 0 aliphatic carbocycles. The Bertz CT molecular complexity index is 1390. The van der Waals surface area contributed by atoms with Gasteiger partial charge in [0.1, 0.15) is 18.1 Å². The zero-order valence-corrected chi connectivity index (χ0v) is 18.8. The van der Waals surface area contributed by atoms with Crippen molar-refractivity contribution in [1.29, 1.82) is 0 Å². The van der Waals surface area contributed by atoms with Gasteiger partial charge in [-0.15, -0.1) is 0 Å². The van der Waals surface area contributed by atoms with Gasteiger partial charge in [0, 0.05) is 50.9 Å². The average molecular weight is 464 g/mol. The minimum atomic E-state index is -0.138. The van der Waals surface area contributed by atoms with Crippen molar-refractivity contribution in [2.24, 2.45) is 0 Å². The predicted octanol–water partition coefficient (Wildman–Crippen LogP) is 7.16. The van der Waals surface area contributed by atoms with Crippen LogP contribution in [0.2, 0.25) is 10.0 Å². The molecule has 32 heavy (non-hydrogen) atoms. The lowest BCUT2D eigenvalue weighted by Gasteiger charge is -2.09. The van der Waals surface area contributed by atoms with E-state index in [9.17, 15) is 4.79 Å². The van der Waals surface area contributed by atoms with Crippen molar-refractivity contribution >= 4 is 46.0 Å². The zero-order chi connectivity index (χ0) is 22.2. The van der Waals surface area contributed by atoms with E-state index in [0.717, 1.165) is 28.6 Å². The van der Waals surface area contributed by atoms with Crippen LogP contribution in [0, 0.1) is 0 Å². The highest BCUT2D eigenvalue weighted by Gasteiger charge is 2.28. The van der Waals surface area contributed by atoms with Crippen LogP contribution in [0.5, 0.6) is 11.5 Å². The quantitative estimate of drug-likeness (QED) is 0.294. The Morgan fingerprint density at radius 1 is 1.06 bits per heavy atom. The van der Waals surface area contributed by atoms with E-state index in [0.29, 0.717) is 32.9 Å². The maximum absolute atomic E-state index is 12.9. The van der Waals surface area contributed by atoms with Gasteiger partial charge < -0.3 is 14.0 Å². The first-order valence-corrected chi connectivity index (χ1v) is 11.0. The van der Waals surface area contributed by atoms with Crippen LogP contribution in [0.15, 0.2) is 72.6 Å². The Kier molecular flexibility index (Phi) is 5.41. The first-order valence-electron chi connectivity index (χ1n) is 10.3. The largest absolute Gasteiger partial charge is 0.489 e. The number of halogens is 2. The highest BCUT2D eigenvalue weighted by atomic mass is 35.5. The molecule has 6 heteroatoms. The van der Waals surface area contributed by atoms with Crippen molar-refractivity contribution < 1.29 is 14.3 Å². The first-order chi connectivity index (χ1) is 15.5. The molecule has 160 valence electrons. The summed E-state index contributed by atoms with van der Waals surface area (Å²) in [6, 6.07) is 18.6. The van der Waals surface area contributed by atoms with Gasteiger partial charge in [-0.05, 0) is 43.3 Å². The molecule has 1 aromatic heterocycles. The Hall–Kier alpha value is -3.21. The third-order valence-corrected chi connectivity index (χ3v) is 6.08. The normalized spacial score (nSPS) is 14.1. The topological polar surface area (TPSA) is 40.5 Å². The Balaban J connectivity index is 1.39. The van der Waals surface area contributed by atoms with E-state index in [2.05, 4.69) is 17.6 Å². The number of aryl methyl sites for hydroxylation is 1. The number of aromatic nitrogens is 1. The van der Waals surface area contributed by atoms with Crippen molar-refractivity contribution in [2.75, 3.05) is 0 Å². The van der Waals surface area contributed by atoms with Gasteiger partial charge in [0.05, 0.1) is 5.56 Å². The number of nitrogens with zero attached hydrogens (tertiary/aromatic N) is 1. The molecular formula is C26H19Cl2NO3. The number of ether oxygens (including phenoxy) is 2. The molecule has 4 aromatic rings. The monoisotopic (exact) mass is 463 g/mol. The van der Waals surface area contributed by atoms with E-state index >= 15 is 0 Å². The van der Waals surface area contributed by atoms with Crippen LogP contribution in [0.3, 0.4) is 0 Å². The molecule has 0 bridgehead atoms. The van der Waals surface area contributed by atoms with Crippen LogP contribution in [0.1, 0.15) is 28.4 Å². The molecule has 2 heterocycles. The first kappa shape index (κ1) is 20.7. The standard InChI is InChI=1S/C26H19Cl2NO3/c1-2-29-14-17(20-5-3-4-6-23(20)29)11-25-26(30)21-10-9-19(13-24(21)32-25)31-15-16-7-8-18(27)12-22(16)28/h3-14H,2,15H2,1H3/b25-11+. The van der Waals surface area contributed by atoms with Crippen molar-refractivity contribution in [1.82, 2.24) is 4.57 Å². The molecule has 5 rings (SSSR count). The molecule has 0 radical (unpaired) electrons. The van der Waals surface area contributed by atoms with Gasteiger partial charge in [0.25, 0.3) is 0 Å². The summed E-state index contributed by atoms with van der Waals surface area (Å²) >= 11 is 12.2. The number of Topliss-reactive ketones (excluding diaryl/α,β-unsaturated/α-hetero) is 1. The molecule has 1 aliphatic rings. The fourth-order valence-electron chi connectivity index (χ4n) is 3.85. The number of allylic oxidation sites excluding steroid dienone is 1. The predicted molar refractivity (Wildman–Crippen MR) is 128 cm³/mol. The number of hydrogen-bond acceptors (Lipinski definition) is 3. The summed E-state index contributed by atoms with van der Waals surface area (Å²) in [5, 5.41) is 2.20. The lowest BCUT2D eigenvalue weighted by Crippen LogP contribution is -1.98. The number of carbonyl (C=O) groups excluding carboxylic acids is 1. The van der Waals surface area contributed by atoms with Gasteiger partial charge in [-0.3, -0.25) is 4.79 Å². The summed E-state index contributed by atoms with van der Waals surface area (Å²) in [6.07, 6.45) is 3.85. The second kappa shape index (κ2) is 8.38. The van der Waals surface area contributed by atoms with Gasteiger partial charge in [0.2, 0.25) is 5.78 Å². The molecule has 0 N–H and O–H groups in total. The van der Waals surface area contributed by atoms with Gasteiger partial charge in [0.15, 0.2) is 5.76 Å². The number of ketones is 1. The molecule has 0 saturated heterocycles. The molecular weight excluding hydrogens is 445 g/mol. The Morgan fingerprint density at radius 3 is 2.72 bits per heavy atom. The fraction of sp³-hybridized carbons (Fsp3) is 0.115. The number of fused-ring (bicyclic) bond motifs is 2. The summed E-state index contributed by atoms with van der Waals surface area (Å²) in [6.45, 7) is 3.22. The number of rotatable bonds is 5. The number of para-hydroxylation sites is 1. The van der Waals surface area contributed by atoms with Crippen molar-refractivity contribution in [3.63, 3.8) is 0 Å². The highest BCUT2D eigenvalue weighted by Crippen LogP contribution is 2.36. The van der Waals surface area contributed by atoms with Crippen LogP contribution in [-0.2, 0) is 13.2 Å². The molecule has 0 fully saturated rings. The number of carbonyl (C=O) groups is 1. The van der Waals surface area contributed by atoms with E-state index in [1.807, 2.05) is 36.5 Å². The summed E-state index contributed by atoms with van der Waals surface area (Å²) in [7, 11) is 0. The van der Waals surface area contributed by atoms with E-state index in [1.165, 1.54) is 0 Å². The second-order valence-electron chi connectivity index (χ2n) is 7.51. The van der Waals surface area contributed by atoms with Crippen LogP contribution < -0.4 is 9.47 Å².